The number of nitrogens with zero attached hydrogens (tertiary/aromatic N) is 1. The SMILES string of the molecule is CNC(c1cncc(C)c1)c1cc2ccc(F)cc2s1. The van der Waals surface area contributed by atoms with Gasteiger partial charge in [0.15, 0.2) is 0 Å². The van der Waals surface area contributed by atoms with E-state index < -0.39 is 0 Å². The Balaban J connectivity index is 2.07. The lowest BCUT2D eigenvalue weighted by Crippen LogP contribution is -2.16. The second-order valence-electron chi connectivity index (χ2n) is 4.85. The molecule has 0 bridgehead atoms. The zero-order valence-corrected chi connectivity index (χ0v) is 12.2. The third kappa shape index (κ3) is 2.44. The molecule has 0 saturated carbocycles. The molecule has 20 heavy (non-hydrogen) atoms. The monoisotopic (exact) mass is 286 g/mol. The number of pyridine rings is 1. The second kappa shape index (κ2) is 5.31. The van der Waals surface area contributed by atoms with Crippen molar-refractivity contribution < 1.29 is 4.39 Å². The van der Waals surface area contributed by atoms with Crippen LogP contribution in [0.1, 0.15) is 22.0 Å². The number of rotatable bonds is 3. The largest absolute Gasteiger partial charge is 0.309 e. The lowest BCUT2D eigenvalue weighted by molar-refractivity contribution is 0.630. The zero-order valence-electron chi connectivity index (χ0n) is 11.4. The first kappa shape index (κ1) is 13.2. The molecule has 2 nitrogen and oxygen atoms in total. The highest BCUT2D eigenvalue weighted by Gasteiger charge is 2.15. The van der Waals surface area contributed by atoms with Crippen molar-refractivity contribution in [3.63, 3.8) is 0 Å². The van der Waals surface area contributed by atoms with Crippen LogP contribution in [-0.2, 0) is 0 Å². The lowest BCUT2D eigenvalue weighted by Gasteiger charge is -2.14. The first-order valence-corrected chi connectivity index (χ1v) is 7.27. The number of hydrogen-bond donors (Lipinski definition) is 1. The summed E-state index contributed by atoms with van der Waals surface area (Å²) >= 11 is 1.61. The van der Waals surface area contributed by atoms with Crippen LogP contribution in [0, 0.1) is 12.7 Å². The Bertz CT molecular complexity index is 751. The molecular formula is C16H15FN2S. The van der Waals surface area contributed by atoms with Crippen molar-refractivity contribution >= 4 is 21.4 Å². The van der Waals surface area contributed by atoms with Gasteiger partial charge in [-0.05, 0) is 48.7 Å². The minimum atomic E-state index is -0.191. The molecule has 0 radical (unpaired) electrons. The number of benzene rings is 1. The molecule has 0 aliphatic carbocycles. The van der Waals surface area contributed by atoms with Gasteiger partial charge in [0.05, 0.1) is 6.04 Å². The second-order valence-corrected chi connectivity index (χ2v) is 5.96. The maximum absolute atomic E-state index is 13.3. The highest BCUT2D eigenvalue weighted by molar-refractivity contribution is 7.19. The molecule has 1 atom stereocenters. The van der Waals surface area contributed by atoms with Crippen LogP contribution in [0.15, 0.2) is 42.7 Å². The van der Waals surface area contributed by atoms with Crippen LogP contribution in [0.2, 0.25) is 0 Å². The zero-order chi connectivity index (χ0) is 14.1. The topological polar surface area (TPSA) is 24.9 Å². The van der Waals surface area contributed by atoms with Gasteiger partial charge in [-0.2, -0.15) is 0 Å². The van der Waals surface area contributed by atoms with Crippen LogP contribution in [0.5, 0.6) is 0 Å². The number of aromatic nitrogens is 1. The summed E-state index contributed by atoms with van der Waals surface area (Å²) in [5.41, 5.74) is 2.26. The van der Waals surface area contributed by atoms with E-state index in [4.69, 9.17) is 0 Å². The molecule has 0 saturated heterocycles. The molecule has 0 spiro atoms. The van der Waals surface area contributed by atoms with Crippen LogP contribution >= 0.6 is 11.3 Å². The average Bonchev–Trinajstić information content (AvgIpc) is 2.82. The molecule has 1 unspecified atom stereocenters. The molecule has 0 aliphatic rings. The van der Waals surface area contributed by atoms with Crippen molar-refractivity contribution in [1.29, 1.82) is 0 Å². The first-order valence-electron chi connectivity index (χ1n) is 6.45. The van der Waals surface area contributed by atoms with Crippen LogP contribution in [0.25, 0.3) is 10.1 Å². The molecule has 1 N–H and O–H groups in total. The van der Waals surface area contributed by atoms with Gasteiger partial charge in [0.2, 0.25) is 0 Å². The van der Waals surface area contributed by atoms with Crippen LogP contribution < -0.4 is 5.32 Å². The van der Waals surface area contributed by atoms with Gasteiger partial charge in [-0.25, -0.2) is 4.39 Å². The maximum atomic E-state index is 13.3. The molecule has 4 heteroatoms. The first-order chi connectivity index (χ1) is 9.67. The predicted octanol–water partition coefficient (Wildman–Crippen LogP) is 4.05. The summed E-state index contributed by atoms with van der Waals surface area (Å²) < 4.78 is 14.3. The summed E-state index contributed by atoms with van der Waals surface area (Å²) in [4.78, 5) is 5.42. The van der Waals surface area contributed by atoms with Gasteiger partial charge in [-0.1, -0.05) is 12.1 Å². The van der Waals surface area contributed by atoms with E-state index in [0.29, 0.717) is 0 Å². The number of hydrogen-bond acceptors (Lipinski definition) is 3. The predicted molar refractivity (Wildman–Crippen MR) is 81.7 cm³/mol. The summed E-state index contributed by atoms with van der Waals surface area (Å²) in [5.74, 6) is -0.191. The molecule has 0 aliphatic heterocycles. The summed E-state index contributed by atoms with van der Waals surface area (Å²) in [6.07, 6.45) is 3.72. The molecule has 3 rings (SSSR count). The molecule has 1 aromatic carbocycles. The summed E-state index contributed by atoms with van der Waals surface area (Å²) in [6.45, 7) is 2.03. The Morgan fingerprint density at radius 2 is 2.05 bits per heavy atom. The maximum Gasteiger partial charge on any atom is 0.124 e. The van der Waals surface area contributed by atoms with Crippen LogP contribution in [0.3, 0.4) is 0 Å². The van der Waals surface area contributed by atoms with Gasteiger partial charge >= 0.3 is 0 Å². The molecule has 2 aromatic heterocycles. The van der Waals surface area contributed by atoms with E-state index >= 15 is 0 Å². The smallest absolute Gasteiger partial charge is 0.124 e. The van der Waals surface area contributed by atoms with Gasteiger partial charge in [0.1, 0.15) is 5.82 Å². The van der Waals surface area contributed by atoms with Crippen LogP contribution in [-0.4, -0.2) is 12.0 Å². The minimum Gasteiger partial charge on any atom is -0.309 e. The van der Waals surface area contributed by atoms with E-state index in [9.17, 15) is 4.39 Å². The van der Waals surface area contributed by atoms with Crippen molar-refractivity contribution in [3.05, 3.63) is 64.5 Å². The molecule has 3 aromatic rings. The Kier molecular flexibility index (Phi) is 3.51. The fourth-order valence-electron chi connectivity index (χ4n) is 2.38. The molecule has 102 valence electrons. The number of thiophene rings is 1. The van der Waals surface area contributed by atoms with E-state index in [2.05, 4.69) is 22.4 Å². The number of aryl methyl sites for hydroxylation is 1. The third-order valence-electron chi connectivity index (χ3n) is 3.30. The summed E-state index contributed by atoms with van der Waals surface area (Å²) in [7, 11) is 1.93. The van der Waals surface area contributed by atoms with Gasteiger partial charge in [0.25, 0.3) is 0 Å². The quantitative estimate of drug-likeness (QED) is 0.785. The standard InChI is InChI=1S/C16H15FN2S/c1-10-5-12(9-19-8-10)16(18-2)15-6-11-3-4-13(17)7-14(11)20-15/h3-9,16,18H,1-2H3. The summed E-state index contributed by atoms with van der Waals surface area (Å²) in [6, 6.07) is 9.24. The molecular weight excluding hydrogens is 271 g/mol. The summed E-state index contributed by atoms with van der Waals surface area (Å²) in [5, 5.41) is 4.39. The Labute approximate surface area is 121 Å². The minimum absolute atomic E-state index is 0.0860. The van der Waals surface area contributed by atoms with Gasteiger partial charge in [-0.15, -0.1) is 11.3 Å². The Morgan fingerprint density at radius 3 is 2.80 bits per heavy atom. The molecule has 0 fully saturated rings. The normalized spacial score (nSPS) is 12.8. The van der Waals surface area contributed by atoms with Gasteiger partial charge < -0.3 is 5.32 Å². The third-order valence-corrected chi connectivity index (χ3v) is 4.47. The van der Waals surface area contributed by atoms with E-state index in [-0.39, 0.29) is 11.9 Å². The Morgan fingerprint density at radius 1 is 1.20 bits per heavy atom. The molecule has 2 heterocycles. The molecule has 0 amide bonds. The fraction of sp³-hybridized carbons (Fsp3) is 0.188. The van der Waals surface area contributed by atoms with E-state index in [0.717, 1.165) is 21.2 Å². The van der Waals surface area contributed by atoms with E-state index in [1.807, 2.05) is 32.4 Å². The average molecular weight is 286 g/mol. The van der Waals surface area contributed by atoms with Crippen molar-refractivity contribution in [1.82, 2.24) is 10.3 Å². The highest BCUT2D eigenvalue weighted by Crippen LogP contribution is 2.33. The fourth-order valence-corrected chi connectivity index (χ4v) is 3.61. The van der Waals surface area contributed by atoms with Gasteiger partial charge in [-0.3, -0.25) is 4.98 Å². The van der Waals surface area contributed by atoms with Crippen molar-refractivity contribution in [2.45, 2.75) is 13.0 Å². The van der Waals surface area contributed by atoms with E-state index in [1.165, 1.54) is 10.9 Å². The Hall–Kier alpha value is -1.78. The van der Waals surface area contributed by atoms with Crippen molar-refractivity contribution in [2.24, 2.45) is 0 Å². The number of nitrogens with one attached hydrogen (secondary N) is 1. The number of halogens is 1. The highest BCUT2D eigenvalue weighted by atomic mass is 32.1. The van der Waals surface area contributed by atoms with Crippen molar-refractivity contribution in [3.8, 4) is 0 Å². The lowest BCUT2D eigenvalue weighted by atomic mass is 10.1. The van der Waals surface area contributed by atoms with Crippen LogP contribution in [0.4, 0.5) is 4.39 Å². The van der Waals surface area contributed by atoms with E-state index in [1.54, 1.807) is 17.4 Å². The van der Waals surface area contributed by atoms with Crippen molar-refractivity contribution in [2.75, 3.05) is 7.05 Å². The number of fused-ring (bicyclic) bond motifs is 1. The van der Waals surface area contributed by atoms with Gasteiger partial charge in [0, 0.05) is 22.0 Å².